The number of carbonyl (C=O) groups is 1. The molecule has 0 spiro atoms. The standard InChI is InChI=1S/C20H22N4O3/c1-4-16-18(12(2)27-23-16)20(25)24-9-8-17-15(11-24)19(22-21-17)13-6-5-7-14(10-13)26-3/h5-7,10H,4,8-9,11H2,1-3H3,(H,21,22). The zero-order chi connectivity index (χ0) is 19.0. The Morgan fingerprint density at radius 2 is 2.26 bits per heavy atom. The number of hydrogen-bond acceptors (Lipinski definition) is 5. The van der Waals surface area contributed by atoms with Crippen molar-refractivity contribution in [2.24, 2.45) is 0 Å². The first-order valence-corrected chi connectivity index (χ1v) is 9.07. The van der Waals surface area contributed by atoms with Crippen molar-refractivity contribution < 1.29 is 14.1 Å². The van der Waals surface area contributed by atoms with E-state index in [9.17, 15) is 4.79 Å². The van der Waals surface area contributed by atoms with Crippen molar-refractivity contribution in [3.05, 3.63) is 52.5 Å². The lowest BCUT2D eigenvalue weighted by Crippen LogP contribution is -2.36. The van der Waals surface area contributed by atoms with Gasteiger partial charge < -0.3 is 14.2 Å². The maximum Gasteiger partial charge on any atom is 0.259 e. The number of aromatic nitrogens is 3. The van der Waals surface area contributed by atoms with Crippen LogP contribution in [0.1, 0.15) is 40.0 Å². The molecule has 1 N–H and O–H groups in total. The Hall–Kier alpha value is -3.09. The van der Waals surface area contributed by atoms with Crippen LogP contribution in [-0.4, -0.2) is 39.8 Å². The van der Waals surface area contributed by atoms with Crippen molar-refractivity contribution in [1.29, 1.82) is 0 Å². The summed E-state index contributed by atoms with van der Waals surface area (Å²) < 4.78 is 10.6. The summed E-state index contributed by atoms with van der Waals surface area (Å²) in [4.78, 5) is 15.0. The molecule has 3 aromatic rings. The minimum atomic E-state index is -0.0333. The second kappa shape index (κ2) is 6.90. The highest BCUT2D eigenvalue weighted by Gasteiger charge is 2.30. The number of nitrogens with one attached hydrogen (secondary N) is 1. The summed E-state index contributed by atoms with van der Waals surface area (Å²) in [5.74, 6) is 1.32. The van der Waals surface area contributed by atoms with Crippen molar-refractivity contribution in [3.63, 3.8) is 0 Å². The molecule has 0 atom stereocenters. The highest BCUT2D eigenvalue weighted by atomic mass is 16.5. The predicted octanol–water partition coefficient (Wildman–Crippen LogP) is 3.14. The number of carbonyl (C=O) groups excluding carboxylic acids is 1. The second-order valence-electron chi connectivity index (χ2n) is 6.65. The van der Waals surface area contributed by atoms with Crippen LogP contribution in [0, 0.1) is 6.92 Å². The number of H-pyrrole nitrogens is 1. The number of benzene rings is 1. The Labute approximate surface area is 157 Å². The topological polar surface area (TPSA) is 84.3 Å². The number of ether oxygens (including phenoxy) is 1. The molecule has 2 aromatic heterocycles. The summed E-state index contributed by atoms with van der Waals surface area (Å²) in [5, 5.41) is 11.6. The van der Waals surface area contributed by atoms with Gasteiger partial charge in [0.05, 0.1) is 18.5 Å². The first kappa shape index (κ1) is 17.3. The van der Waals surface area contributed by atoms with Gasteiger partial charge in [-0.25, -0.2) is 0 Å². The number of rotatable bonds is 4. The van der Waals surface area contributed by atoms with E-state index >= 15 is 0 Å². The zero-order valence-corrected chi connectivity index (χ0v) is 15.7. The first-order valence-electron chi connectivity index (χ1n) is 9.07. The summed E-state index contributed by atoms with van der Waals surface area (Å²) in [6.45, 7) is 4.90. The molecule has 1 amide bonds. The van der Waals surface area contributed by atoms with Crippen molar-refractivity contribution >= 4 is 5.91 Å². The van der Waals surface area contributed by atoms with Gasteiger partial charge in [-0.05, 0) is 25.5 Å². The third-order valence-corrected chi connectivity index (χ3v) is 5.05. The summed E-state index contributed by atoms with van der Waals surface area (Å²) >= 11 is 0. The fourth-order valence-electron chi connectivity index (χ4n) is 3.57. The van der Waals surface area contributed by atoms with E-state index in [0.717, 1.165) is 34.7 Å². The van der Waals surface area contributed by atoms with E-state index in [0.29, 0.717) is 36.5 Å². The van der Waals surface area contributed by atoms with E-state index in [1.165, 1.54) is 0 Å². The molecule has 0 fully saturated rings. The molecule has 0 unspecified atom stereocenters. The monoisotopic (exact) mass is 366 g/mol. The summed E-state index contributed by atoms with van der Waals surface area (Å²) in [5.41, 5.74) is 5.26. The lowest BCUT2D eigenvalue weighted by atomic mass is 10.00. The summed E-state index contributed by atoms with van der Waals surface area (Å²) in [6, 6.07) is 7.80. The van der Waals surface area contributed by atoms with Gasteiger partial charge in [0.25, 0.3) is 5.91 Å². The molecule has 27 heavy (non-hydrogen) atoms. The van der Waals surface area contributed by atoms with Crippen LogP contribution in [0.3, 0.4) is 0 Å². The third-order valence-electron chi connectivity index (χ3n) is 5.05. The summed E-state index contributed by atoms with van der Waals surface area (Å²) in [7, 11) is 1.64. The van der Waals surface area contributed by atoms with Crippen molar-refractivity contribution in [2.45, 2.75) is 33.2 Å². The van der Waals surface area contributed by atoms with E-state index in [1.807, 2.05) is 36.1 Å². The highest BCUT2D eigenvalue weighted by molar-refractivity contribution is 5.96. The van der Waals surface area contributed by atoms with Gasteiger partial charge in [-0.15, -0.1) is 0 Å². The van der Waals surface area contributed by atoms with Gasteiger partial charge in [-0.3, -0.25) is 9.89 Å². The van der Waals surface area contributed by atoms with E-state index in [2.05, 4.69) is 15.4 Å². The lowest BCUT2D eigenvalue weighted by molar-refractivity contribution is 0.0732. The molecule has 1 aliphatic heterocycles. The Bertz CT molecular complexity index is 989. The number of aromatic amines is 1. The Morgan fingerprint density at radius 1 is 1.41 bits per heavy atom. The molecule has 7 nitrogen and oxygen atoms in total. The normalized spacial score (nSPS) is 13.5. The van der Waals surface area contributed by atoms with Crippen molar-refractivity contribution in [3.8, 4) is 17.0 Å². The molecule has 7 heteroatoms. The van der Waals surface area contributed by atoms with E-state index in [-0.39, 0.29) is 5.91 Å². The predicted molar refractivity (Wildman–Crippen MR) is 99.6 cm³/mol. The minimum Gasteiger partial charge on any atom is -0.497 e. The average Bonchev–Trinajstić information content (AvgIpc) is 3.30. The van der Waals surface area contributed by atoms with Crippen LogP contribution in [0.4, 0.5) is 0 Å². The van der Waals surface area contributed by atoms with Crippen LogP contribution in [0.5, 0.6) is 5.75 Å². The van der Waals surface area contributed by atoms with Crippen molar-refractivity contribution in [1.82, 2.24) is 20.3 Å². The fourth-order valence-corrected chi connectivity index (χ4v) is 3.57. The molecule has 0 bridgehead atoms. The van der Waals surface area contributed by atoms with Crippen molar-refractivity contribution in [2.75, 3.05) is 13.7 Å². The van der Waals surface area contributed by atoms with Gasteiger partial charge >= 0.3 is 0 Å². The lowest BCUT2D eigenvalue weighted by Gasteiger charge is -2.27. The molecule has 0 aliphatic carbocycles. The van der Waals surface area contributed by atoms with Crippen LogP contribution in [0.15, 0.2) is 28.8 Å². The van der Waals surface area contributed by atoms with Gasteiger partial charge in [0.2, 0.25) is 0 Å². The van der Waals surface area contributed by atoms with Crippen LogP contribution in [-0.2, 0) is 19.4 Å². The smallest absolute Gasteiger partial charge is 0.259 e. The Balaban J connectivity index is 1.66. The molecule has 140 valence electrons. The quantitative estimate of drug-likeness (QED) is 0.767. The summed E-state index contributed by atoms with van der Waals surface area (Å²) in [6.07, 6.45) is 1.40. The average molecular weight is 366 g/mol. The molecule has 0 saturated heterocycles. The third kappa shape index (κ3) is 2.99. The van der Waals surface area contributed by atoms with Gasteiger partial charge in [0, 0.05) is 36.3 Å². The molecule has 4 rings (SSSR count). The number of nitrogens with zero attached hydrogens (tertiary/aromatic N) is 3. The number of hydrogen-bond donors (Lipinski definition) is 1. The maximum absolute atomic E-state index is 13.1. The van der Waals surface area contributed by atoms with Gasteiger partial charge in [0.15, 0.2) is 0 Å². The molecule has 3 heterocycles. The van der Waals surface area contributed by atoms with Crippen LogP contribution < -0.4 is 4.74 Å². The number of methoxy groups -OCH3 is 1. The molecule has 1 aromatic carbocycles. The zero-order valence-electron chi connectivity index (χ0n) is 15.7. The maximum atomic E-state index is 13.1. The number of fused-ring (bicyclic) bond motifs is 1. The minimum absolute atomic E-state index is 0.0333. The number of amides is 1. The number of aryl methyl sites for hydroxylation is 2. The molecule has 0 saturated carbocycles. The Morgan fingerprint density at radius 3 is 3.04 bits per heavy atom. The Kier molecular flexibility index (Phi) is 4.43. The van der Waals surface area contributed by atoms with Crippen LogP contribution in [0.25, 0.3) is 11.3 Å². The molecule has 1 aliphatic rings. The molecular formula is C20H22N4O3. The molecular weight excluding hydrogens is 344 g/mol. The van der Waals surface area contributed by atoms with Gasteiger partial charge in [-0.1, -0.05) is 24.2 Å². The van der Waals surface area contributed by atoms with E-state index < -0.39 is 0 Å². The molecule has 0 radical (unpaired) electrons. The van der Waals surface area contributed by atoms with Crippen LogP contribution >= 0.6 is 0 Å². The second-order valence-corrected chi connectivity index (χ2v) is 6.65. The van der Waals surface area contributed by atoms with Gasteiger partial charge in [0.1, 0.15) is 17.1 Å². The van der Waals surface area contributed by atoms with E-state index in [1.54, 1.807) is 14.0 Å². The first-order chi connectivity index (χ1) is 13.1. The van der Waals surface area contributed by atoms with Gasteiger partial charge in [-0.2, -0.15) is 5.10 Å². The van der Waals surface area contributed by atoms with Crippen LogP contribution in [0.2, 0.25) is 0 Å². The highest BCUT2D eigenvalue weighted by Crippen LogP contribution is 2.31. The van der Waals surface area contributed by atoms with E-state index in [4.69, 9.17) is 9.26 Å². The SMILES string of the molecule is CCc1noc(C)c1C(=O)N1CCc2[nH]nc(-c3cccc(OC)c3)c2C1. The fraction of sp³-hybridized carbons (Fsp3) is 0.350. The largest absolute Gasteiger partial charge is 0.497 e.